The van der Waals surface area contributed by atoms with Gasteiger partial charge in [0.25, 0.3) is 0 Å². The molecule has 0 aliphatic heterocycles. The summed E-state index contributed by atoms with van der Waals surface area (Å²) in [6.07, 6.45) is 0. The Morgan fingerprint density at radius 2 is 1.48 bits per heavy atom. The van der Waals surface area contributed by atoms with Gasteiger partial charge in [0.15, 0.2) is 10.1 Å². The number of rotatable bonds is 4. The fraction of sp³-hybridized carbons (Fsp3) is 0. The second-order valence-electron chi connectivity index (χ2n) is 5.15. The van der Waals surface area contributed by atoms with Crippen molar-refractivity contribution in [3.8, 4) is 22.5 Å². The molecule has 0 fully saturated rings. The molecule has 0 radical (unpaired) electrons. The van der Waals surface area contributed by atoms with Gasteiger partial charge in [-0.2, -0.15) is 0 Å². The summed E-state index contributed by atoms with van der Waals surface area (Å²) >= 11 is 2.77. The van der Waals surface area contributed by atoms with E-state index < -0.39 is 0 Å². The van der Waals surface area contributed by atoms with Crippen molar-refractivity contribution in [2.45, 2.75) is 0 Å². The highest BCUT2D eigenvalue weighted by molar-refractivity contribution is 7.19. The zero-order chi connectivity index (χ0) is 17.1. The van der Waals surface area contributed by atoms with Crippen LogP contribution < -0.4 is 5.73 Å². The molecule has 2 aromatic heterocycles. The Morgan fingerprint density at radius 1 is 0.800 bits per heavy atom. The Hall–Kier alpha value is -2.90. The Balaban J connectivity index is 1.62. The highest BCUT2D eigenvalue weighted by Gasteiger charge is 2.11. The van der Waals surface area contributed by atoms with Crippen LogP contribution >= 0.6 is 22.7 Å². The zero-order valence-electron chi connectivity index (χ0n) is 13.0. The van der Waals surface area contributed by atoms with Gasteiger partial charge in [0.05, 0.1) is 5.69 Å². The first-order chi connectivity index (χ1) is 12.3. The van der Waals surface area contributed by atoms with E-state index in [0.717, 1.165) is 22.5 Å². The van der Waals surface area contributed by atoms with Crippen molar-refractivity contribution >= 4 is 37.9 Å². The Morgan fingerprint density at radius 3 is 2.20 bits per heavy atom. The van der Waals surface area contributed by atoms with Crippen LogP contribution in [-0.2, 0) is 0 Å². The van der Waals surface area contributed by atoms with E-state index in [2.05, 4.69) is 20.2 Å². The van der Waals surface area contributed by atoms with Crippen LogP contribution in [0.25, 0.3) is 22.5 Å². The fourth-order valence-electron chi connectivity index (χ4n) is 2.32. The molecule has 0 aliphatic carbocycles. The molecule has 0 bridgehead atoms. The first-order valence-electron chi connectivity index (χ1n) is 7.54. The lowest BCUT2D eigenvalue weighted by molar-refractivity contribution is 1.21. The topological polar surface area (TPSA) is 76.5 Å². The molecular weight excluding hydrogens is 350 g/mol. The molecule has 7 heteroatoms. The van der Waals surface area contributed by atoms with Gasteiger partial charge in [-0.1, -0.05) is 72.0 Å². The molecule has 2 N–H and O–H groups in total. The highest BCUT2D eigenvalue weighted by Crippen LogP contribution is 2.38. The van der Waals surface area contributed by atoms with Gasteiger partial charge in [0.2, 0.25) is 5.13 Å². The third kappa shape index (κ3) is 3.47. The van der Waals surface area contributed by atoms with E-state index in [9.17, 15) is 0 Å². The average molecular weight is 363 g/mol. The maximum absolute atomic E-state index is 5.86. The van der Waals surface area contributed by atoms with Gasteiger partial charge in [-0.15, -0.1) is 21.6 Å². The summed E-state index contributed by atoms with van der Waals surface area (Å²) in [5.41, 5.74) is 9.52. The van der Waals surface area contributed by atoms with Gasteiger partial charge in [-0.05, 0) is 0 Å². The van der Waals surface area contributed by atoms with Crippen molar-refractivity contribution in [2.24, 2.45) is 10.2 Å². The second-order valence-corrected chi connectivity index (χ2v) is 7.00. The van der Waals surface area contributed by atoms with Gasteiger partial charge < -0.3 is 5.73 Å². The number of nitrogens with zero attached hydrogens (tertiary/aromatic N) is 4. The minimum Gasteiger partial charge on any atom is -0.375 e. The molecule has 5 nitrogen and oxygen atoms in total. The minimum atomic E-state index is 0.469. The fourth-order valence-corrected chi connectivity index (χ4v) is 3.64. The lowest BCUT2D eigenvalue weighted by Gasteiger charge is -1.96. The lowest BCUT2D eigenvalue weighted by Crippen LogP contribution is -1.82. The van der Waals surface area contributed by atoms with Crippen LogP contribution in [0.3, 0.4) is 0 Å². The maximum Gasteiger partial charge on any atom is 0.230 e. The van der Waals surface area contributed by atoms with Gasteiger partial charge in [0, 0.05) is 16.5 Å². The van der Waals surface area contributed by atoms with Crippen LogP contribution in [-0.4, -0.2) is 9.97 Å². The molecule has 0 spiro atoms. The van der Waals surface area contributed by atoms with Crippen LogP contribution in [0.4, 0.5) is 15.3 Å². The smallest absolute Gasteiger partial charge is 0.230 e. The molecular formula is C18H13N5S2. The zero-order valence-corrected chi connectivity index (χ0v) is 14.7. The number of benzene rings is 2. The molecule has 0 aliphatic rings. The van der Waals surface area contributed by atoms with Crippen molar-refractivity contribution in [2.75, 3.05) is 5.73 Å². The number of thiazole rings is 2. The van der Waals surface area contributed by atoms with Crippen LogP contribution in [0.1, 0.15) is 0 Å². The van der Waals surface area contributed by atoms with E-state index >= 15 is 0 Å². The Kier molecular flexibility index (Phi) is 4.32. The molecule has 2 aromatic carbocycles. The maximum atomic E-state index is 5.86. The monoisotopic (exact) mass is 363 g/mol. The molecule has 0 atom stereocenters. The van der Waals surface area contributed by atoms with Crippen LogP contribution in [0.5, 0.6) is 0 Å². The number of hydrogen-bond acceptors (Lipinski definition) is 7. The standard InChI is InChI=1S/C18H13N5S2/c19-17-21-15(13-9-5-2-6-10-13)16(25-17)22-23-18-20-14(11-24-18)12-7-3-1-4-8-12/h1-11H,(H2,19,21). The molecule has 25 heavy (non-hydrogen) atoms. The van der Waals surface area contributed by atoms with Gasteiger partial charge in [0.1, 0.15) is 5.69 Å². The lowest BCUT2D eigenvalue weighted by atomic mass is 10.2. The summed E-state index contributed by atoms with van der Waals surface area (Å²) in [5.74, 6) is 0. The van der Waals surface area contributed by atoms with Crippen LogP contribution in [0.2, 0.25) is 0 Å². The van der Waals surface area contributed by atoms with E-state index in [1.807, 2.05) is 66.0 Å². The largest absolute Gasteiger partial charge is 0.375 e. The normalized spacial score (nSPS) is 11.2. The van der Waals surface area contributed by atoms with Crippen molar-refractivity contribution in [1.82, 2.24) is 9.97 Å². The Labute approximate surface area is 152 Å². The predicted octanol–water partition coefficient (Wildman–Crippen LogP) is 5.93. The predicted molar refractivity (Wildman–Crippen MR) is 104 cm³/mol. The van der Waals surface area contributed by atoms with Crippen molar-refractivity contribution < 1.29 is 0 Å². The van der Waals surface area contributed by atoms with E-state index in [-0.39, 0.29) is 0 Å². The van der Waals surface area contributed by atoms with E-state index in [1.165, 1.54) is 22.7 Å². The van der Waals surface area contributed by atoms with E-state index in [0.29, 0.717) is 15.3 Å². The van der Waals surface area contributed by atoms with Gasteiger partial charge in [-0.25, -0.2) is 9.97 Å². The third-order valence-electron chi connectivity index (χ3n) is 3.46. The van der Waals surface area contributed by atoms with Gasteiger partial charge in [-0.3, -0.25) is 0 Å². The van der Waals surface area contributed by atoms with Crippen molar-refractivity contribution in [3.63, 3.8) is 0 Å². The van der Waals surface area contributed by atoms with Gasteiger partial charge >= 0.3 is 0 Å². The molecule has 122 valence electrons. The summed E-state index contributed by atoms with van der Waals surface area (Å²) in [6, 6.07) is 19.8. The average Bonchev–Trinajstić information content (AvgIpc) is 3.28. The van der Waals surface area contributed by atoms with Crippen molar-refractivity contribution in [1.29, 1.82) is 0 Å². The summed E-state index contributed by atoms with van der Waals surface area (Å²) in [6.45, 7) is 0. The molecule has 0 saturated carbocycles. The summed E-state index contributed by atoms with van der Waals surface area (Å²) in [7, 11) is 0. The first kappa shape index (κ1) is 15.6. The van der Waals surface area contributed by atoms with Crippen LogP contribution in [0.15, 0.2) is 76.3 Å². The summed E-state index contributed by atoms with van der Waals surface area (Å²) < 4.78 is 0. The first-order valence-corrected chi connectivity index (χ1v) is 9.23. The SMILES string of the molecule is Nc1nc(-c2ccccc2)c(N=Nc2nc(-c3ccccc3)cs2)s1. The van der Waals surface area contributed by atoms with Crippen LogP contribution in [0, 0.1) is 0 Å². The minimum absolute atomic E-state index is 0.469. The second kappa shape index (κ2) is 6.92. The van der Waals surface area contributed by atoms with E-state index in [1.54, 1.807) is 0 Å². The van der Waals surface area contributed by atoms with E-state index in [4.69, 9.17) is 5.73 Å². The quantitative estimate of drug-likeness (QED) is 0.456. The number of hydrogen-bond donors (Lipinski definition) is 1. The number of nitrogens with two attached hydrogens (primary N) is 1. The number of anilines is 1. The molecule has 2 heterocycles. The Bertz CT molecular complexity index is 1010. The van der Waals surface area contributed by atoms with Crippen molar-refractivity contribution in [3.05, 3.63) is 66.0 Å². The highest BCUT2D eigenvalue weighted by atomic mass is 32.1. The molecule has 0 saturated heterocycles. The number of aromatic nitrogens is 2. The molecule has 4 aromatic rings. The third-order valence-corrected chi connectivity index (χ3v) is 4.95. The molecule has 0 unspecified atom stereocenters. The summed E-state index contributed by atoms with van der Waals surface area (Å²) in [4.78, 5) is 8.89. The molecule has 4 rings (SSSR count). The number of azo groups is 1. The molecule has 0 amide bonds. The number of nitrogen functional groups attached to an aromatic ring is 1. The summed E-state index contributed by atoms with van der Waals surface area (Å²) in [5, 5.41) is 12.3.